The summed E-state index contributed by atoms with van der Waals surface area (Å²) in [6.07, 6.45) is 0. The number of piperazine rings is 1. The molecule has 2 aliphatic heterocycles. The minimum Gasteiger partial charge on any atom is -0.340 e. The van der Waals surface area contributed by atoms with E-state index in [1.807, 2.05) is 18.7 Å². The van der Waals surface area contributed by atoms with E-state index in [1.165, 1.54) is 0 Å². The van der Waals surface area contributed by atoms with Crippen molar-refractivity contribution in [3.05, 3.63) is 0 Å². The number of carbonyl (C=O) groups excluding carboxylic acids is 1. The summed E-state index contributed by atoms with van der Waals surface area (Å²) in [6, 6.07) is 0.723. The summed E-state index contributed by atoms with van der Waals surface area (Å²) in [4.78, 5) is 16.3. The van der Waals surface area contributed by atoms with Crippen LogP contribution in [-0.4, -0.2) is 61.0 Å². The van der Waals surface area contributed by atoms with E-state index in [-0.39, 0.29) is 5.92 Å². The van der Waals surface area contributed by atoms with Gasteiger partial charge in [0.2, 0.25) is 5.91 Å². The highest BCUT2D eigenvalue weighted by atomic mass is 16.2. The van der Waals surface area contributed by atoms with Crippen molar-refractivity contribution in [2.75, 3.05) is 39.3 Å². The summed E-state index contributed by atoms with van der Waals surface area (Å²) < 4.78 is 0. The Labute approximate surface area is 91.6 Å². The Morgan fingerprint density at radius 3 is 2.20 bits per heavy atom. The van der Waals surface area contributed by atoms with E-state index < -0.39 is 0 Å². The largest absolute Gasteiger partial charge is 0.340 e. The van der Waals surface area contributed by atoms with E-state index >= 15 is 0 Å². The number of hydrogen-bond donors (Lipinski definition) is 1. The molecule has 0 radical (unpaired) electrons. The van der Waals surface area contributed by atoms with Crippen LogP contribution in [0.4, 0.5) is 0 Å². The molecule has 0 unspecified atom stereocenters. The molecular weight excluding hydrogens is 190 g/mol. The van der Waals surface area contributed by atoms with Gasteiger partial charge in [-0.1, -0.05) is 13.8 Å². The van der Waals surface area contributed by atoms with Gasteiger partial charge in [0.15, 0.2) is 0 Å². The quantitative estimate of drug-likeness (QED) is 0.684. The van der Waals surface area contributed by atoms with Crippen LogP contribution in [0.1, 0.15) is 13.8 Å². The van der Waals surface area contributed by atoms with E-state index in [2.05, 4.69) is 10.2 Å². The lowest BCUT2D eigenvalue weighted by Crippen LogP contribution is -2.62. The van der Waals surface area contributed by atoms with Gasteiger partial charge in [0, 0.05) is 51.2 Å². The minimum absolute atomic E-state index is 0.141. The maximum atomic E-state index is 11.8. The molecule has 0 aliphatic carbocycles. The fourth-order valence-electron chi connectivity index (χ4n) is 2.20. The van der Waals surface area contributed by atoms with Crippen molar-refractivity contribution in [3.8, 4) is 0 Å². The lowest BCUT2D eigenvalue weighted by atomic mass is 10.1. The monoisotopic (exact) mass is 211 g/mol. The van der Waals surface area contributed by atoms with Gasteiger partial charge in [-0.3, -0.25) is 9.69 Å². The molecule has 0 spiro atoms. The second-order valence-corrected chi connectivity index (χ2v) is 4.83. The first kappa shape index (κ1) is 10.9. The third-order valence-electron chi connectivity index (χ3n) is 3.40. The molecule has 4 heteroatoms. The Hall–Kier alpha value is -0.610. The van der Waals surface area contributed by atoms with Crippen LogP contribution < -0.4 is 5.32 Å². The molecule has 1 amide bonds. The van der Waals surface area contributed by atoms with Gasteiger partial charge >= 0.3 is 0 Å². The molecule has 0 bridgehead atoms. The van der Waals surface area contributed by atoms with Crippen LogP contribution >= 0.6 is 0 Å². The first-order chi connectivity index (χ1) is 7.18. The maximum absolute atomic E-state index is 11.8. The fourth-order valence-corrected chi connectivity index (χ4v) is 2.20. The highest BCUT2D eigenvalue weighted by Crippen LogP contribution is 2.11. The molecule has 0 saturated carbocycles. The zero-order valence-electron chi connectivity index (χ0n) is 9.70. The van der Waals surface area contributed by atoms with Crippen LogP contribution in [0.2, 0.25) is 0 Å². The van der Waals surface area contributed by atoms with Gasteiger partial charge in [-0.05, 0) is 0 Å². The predicted octanol–water partition coefficient (Wildman–Crippen LogP) is -0.242. The Kier molecular flexibility index (Phi) is 3.26. The Bertz CT molecular complexity index is 230. The average Bonchev–Trinajstić information content (AvgIpc) is 2.15. The summed E-state index contributed by atoms with van der Waals surface area (Å²) in [5, 5.41) is 3.29. The van der Waals surface area contributed by atoms with Gasteiger partial charge < -0.3 is 10.2 Å². The SMILES string of the molecule is CC(C)C(=O)N1CCN(C2CNC2)CC1. The molecule has 2 saturated heterocycles. The van der Waals surface area contributed by atoms with Crippen molar-refractivity contribution in [2.45, 2.75) is 19.9 Å². The number of nitrogens with zero attached hydrogens (tertiary/aromatic N) is 2. The maximum Gasteiger partial charge on any atom is 0.225 e. The zero-order valence-corrected chi connectivity index (χ0v) is 9.70. The number of nitrogens with one attached hydrogen (secondary N) is 1. The molecule has 2 aliphatic rings. The van der Waals surface area contributed by atoms with Crippen molar-refractivity contribution in [1.29, 1.82) is 0 Å². The number of carbonyl (C=O) groups is 1. The molecule has 86 valence electrons. The van der Waals surface area contributed by atoms with Crippen LogP contribution in [0.25, 0.3) is 0 Å². The van der Waals surface area contributed by atoms with Crippen molar-refractivity contribution < 1.29 is 4.79 Å². The topological polar surface area (TPSA) is 35.6 Å². The molecule has 4 nitrogen and oxygen atoms in total. The lowest BCUT2D eigenvalue weighted by molar-refractivity contribution is -0.136. The van der Waals surface area contributed by atoms with E-state index in [1.54, 1.807) is 0 Å². The number of amides is 1. The van der Waals surface area contributed by atoms with E-state index in [4.69, 9.17) is 0 Å². The molecule has 0 aromatic heterocycles. The van der Waals surface area contributed by atoms with Crippen LogP contribution in [0.15, 0.2) is 0 Å². The first-order valence-corrected chi connectivity index (χ1v) is 5.92. The van der Waals surface area contributed by atoms with E-state index in [0.717, 1.165) is 45.3 Å². The summed E-state index contributed by atoms with van der Waals surface area (Å²) in [6.45, 7) is 10.1. The van der Waals surface area contributed by atoms with Gasteiger partial charge in [-0.25, -0.2) is 0 Å². The second-order valence-electron chi connectivity index (χ2n) is 4.83. The lowest BCUT2D eigenvalue weighted by Gasteiger charge is -2.43. The van der Waals surface area contributed by atoms with Crippen molar-refractivity contribution in [1.82, 2.24) is 15.1 Å². The van der Waals surface area contributed by atoms with Gasteiger partial charge in [0.1, 0.15) is 0 Å². The molecule has 15 heavy (non-hydrogen) atoms. The fraction of sp³-hybridized carbons (Fsp3) is 0.909. The number of hydrogen-bond acceptors (Lipinski definition) is 3. The first-order valence-electron chi connectivity index (χ1n) is 5.92. The number of rotatable bonds is 2. The second kappa shape index (κ2) is 4.49. The van der Waals surface area contributed by atoms with Crippen LogP contribution in [0.3, 0.4) is 0 Å². The molecule has 0 aromatic rings. The van der Waals surface area contributed by atoms with Gasteiger partial charge in [-0.2, -0.15) is 0 Å². The summed E-state index contributed by atoms with van der Waals surface area (Å²) >= 11 is 0. The van der Waals surface area contributed by atoms with Crippen LogP contribution in [0, 0.1) is 5.92 Å². The van der Waals surface area contributed by atoms with Gasteiger partial charge in [0.25, 0.3) is 0 Å². The third kappa shape index (κ3) is 2.32. The van der Waals surface area contributed by atoms with Crippen molar-refractivity contribution in [3.63, 3.8) is 0 Å². The van der Waals surface area contributed by atoms with Gasteiger partial charge in [0.05, 0.1) is 0 Å². The average molecular weight is 211 g/mol. The van der Waals surface area contributed by atoms with Crippen molar-refractivity contribution in [2.24, 2.45) is 5.92 Å². The standard InChI is InChI=1S/C11H21N3O/c1-9(2)11(15)14-5-3-13(4-6-14)10-7-12-8-10/h9-10,12H,3-8H2,1-2H3. The molecule has 2 heterocycles. The Morgan fingerprint density at radius 2 is 1.80 bits per heavy atom. The Morgan fingerprint density at radius 1 is 1.20 bits per heavy atom. The molecule has 2 rings (SSSR count). The minimum atomic E-state index is 0.141. The molecule has 2 fully saturated rings. The summed E-state index contributed by atoms with van der Waals surface area (Å²) in [5.41, 5.74) is 0. The van der Waals surface area contributed by atoms with Crippen LogP contribution in [-0.2, 0) is 4.79 Å². The predicted molar refractivity (Wildman–Crippen MR) is 59.6 cm³/mol. The smallest absolute Gasteiger partial charge is 0.225 e. The highest BCUT2D eigenvalue weighted by Gasteiger charge is 2.29. The molecular formula is C11H21N3O. The molecule has 0 atom stereocenters. The molecule has 1 N–H and O–H groups in total. The summed E-state index contributed by atoms with van der Waals surface area (Å²) in [7, 11) is 0. The van der Waals surface area contributed by atoms with Crippen molar-refractivity contribution >= 4 is 5.91 Å². The highest BCUT2D eigenvalue weighted by molar-refractivity contribution is 5.78. The third-order valence-corrected chi connectivity index (χ3v) is 3.40. The Balaban J connectivity index is 1.78. The zero-order chi connectivity index (χ0) is 10.8. The van der Waals surface area contributed by atoms with E-state index in [0.29, 0.717) is 5.91 Å². The van der Waals surface area contributed by atoms with Gasteiger partial charge in [-0.15, -0.1) is 0 Å². The normalized spacial score (nSPS) is 24.3. The van der Waals surface area contributed by atoms with E-state index in [9.17, 15) is 4.79 Å². The van der Waals surface area contributed by atoms with Crippen LogP contribution in [0.5, 0.6) is 0 Å². The molecule has 0 aromatic carbocycles. The summed E-state index contributed by atoms with van der Waals surface area (Å²) in [5.74, 6) is 0.448.